The molecular weight excluding hydrogens is 386 g/mol. The van der Waals surface area contributed by atoms with E-state index in [0.29, 0.717) is 5.56 Å². The van der Waals surface area contributed by atoms with Crippen molar-refractivity contribution in [1.29, 1.82) is 0 Å². The van der Waals surface area contributed by atoms with Crippen molar-refractivity contribution in [1.82, 2.24) is 4.31 Å². The van der Waals surface area contributed by atoms with Crippen LogP contribution in [0, 0.1) is 13.8 Å². The molecule has 6 nitrogen and oxygen atoms in total. The van der Waals surface area contributed by atoms with Crippen LogP contribution < -0.4 is 10.2 Å². The monoisotopic (exact) mass is 415 g/mol. The Hall–Kier alpha value is -2.38. The van der Waals surface area contributed by atoms with E-state index < -0.39 is 10.0 Å². The Balaban J connectivity index is 2.04. The molecule has 1 saturated heterocycles. The average molecular weight is 416 g/mol. The van der Waals surface area contributed by atoms with E-state index in [1.54, 1.807) is 12.1 Å². The van der Waals surface area contributed by atoms with Crippen LogP contribution in [0.1, 0.15) is 40.7 Å². The van der Waals surface area contributed by atoms with E-state index in [-0.39, 0.29) is 10.8 Å². The molecule has 1 aliphatic heterocycles. The van der Waals surface area contributed by atoms with Crippen molar-refractivity contribution in [2.75, 3.05) is 37.4 Å². The van der Waals surface area contributed by atoms with Crippen LogP contribution in [-0.2, 0) is 10.0 Å². The number of rotatable bonds is 5. The number of aryl methyl sites for hydroxylation is 2. The number of hydrogen-bond donors (Lipinski definition) is 1. The normalized spacial score (nSPS) is 14.9. The topological polar surface area (TPSA) is 69.7 Å². The van der Waals surface area contributed by atoms with Gasteiger partial charge in [0.1, 0.15) is 0 Å². The zero-order valence-corrected chi connectivity index (χ0v) is 18.3. The first-order valence-corrected chi connectivity index (χ1v) is 11.3. The van der Waals surface area contributed by atoms with Crippen LogP contribution in [0.2, 0.25) is 0 Å². The van der Waals surface area contributed by atoms with Gasteiger partial charge in [-0.1, -0.05) is 12.1 Å². The third-order valence-electron chi connectivity index (χ3n) is 5.33. The molecule has 2 aromatic carbocycles. The number of sulfonamides is 1. The van der Waals surface area contributed by atoms with E-state index in [4.69, 9.17) is 0 Å². The third kappa shape index (κ3) is 4.62. The summed E-state index contributed by atoms with van der Waals surface area (Å²) in [5, 5.41) is 2.98. The molecule has 0 unspecified atom stereocenters. The molecule has 29 heavy (non-hydrogen) atoms. The van der Waals surface area contributed by atoms with Crippen molar-refractivity contribution >= 4 is 27.3 Å². The van der Waals surface area contributed by atoms with Crippen LogP contribution in [0.15, 0.2) is 41.3 Å². The molecule has 1 heterocycles. The minimum atomic E-state index is -3.63. The molecule has 1 amide bonds. The smallest absolute Gasteiger partial charge is 0.257 e. The molecule has 0 spiro atoms. The van der Waals surface area contributed by atoms with Crippen molar-refractivity contribution in [3.8, 4) is 0 Å². The molecule has 2 aromatic rings. The summed E-state index contributed by atoms with van der Waals surface area (Å²) in [5.74, 6) is -0.296. The second kappa shape index (κ2) is 8.55. The van der Waals surface area contributed by atoms with Gasteiger partial charge < -0.3 is 10.2 Å². The van der Waals surface area contributed by atoms with Crippen LogP contribution in [0.5, 0.6) is 0 Å². The summed E-state index contributed by atoms with van der Waals surface area (Å²) in [7, 11) is -0.654. The minimum absolute atomic E-state index is 0.120. The van der Waals surface area contributed by atoms with Crippen LogP contribution in [-0.4, -0.2) is 45.8 Å². The summed E-state index contributed by atoms with van der Waals surface area (Å²) in [6, 6.07) is 10.7. The molecule has 7 heteroatoms. The fourth-order valence-electron chi connectivity index (χ4n) is 3.54. The van der Waals surface area contributed by atoms with Crippen LogP contribution in [0.3, 0.4) is 0 Å². The van der Waals surface area contributed by atoms with E-state index in [0.717, 1.165) is 52.7 Å². The number of anilines is 2. The number of benzene rings is 2. The van der Waals surface area contributed by atoms with Crippen LogP contribution in [0.4, 0.5) is 11.4 Å². The quantitative estimate of drug-likeness (QED) is 0.807. The van der Waals surface area contributed by atoms with E-state index in [1.807, 2.05) is 32.0 Å². The highest BCUT2D eigenvalue weighted by atomic mass is 32.2. The van der Waals surface area contributed by atoms with Gasteiger partial charge in [0, 0.05) is 38.6 Å². The zero-order chi connectivity index (χ0) is 21.2. The largest absolute Gasteiger partial charge is 0.371 e. The molecule has 1 fully saturated rings. The maximum Gasteiger partial charge on any atom is 0.257 e. The third-order valence-corrected chi connectivity index (χ3v) is 7.14. The standard InChI is InChI=1S/C22H29N3O3S/c1-16-8-9-17(2)20(14-16)23-22(26)19-15-18(29(27,28)24(3)4)10-11-21(19)25-12-6-5-7-13-25/h8-11,14-15H,5-7,12-13H2,1-4H3,(H,23,26). The molecule has 0 aliphatic carbocycles. The van der Waals surface area contributed by atoms with Gasteiger partial charge >= 0.3 is 0 Å². The van der Waals surface area contributed by atoms with Gasteiger partial charge in [-0.3, -0.25) is 4.79 Å². The minimum Gasteiger partial charge on any atom is -0.371 e. The van der Waals surface area contributed by atoms with Crippen LogP contribution in [0.25, 0.3) is 0 Å². The zero-order valence-electron chi connectivity index (χ0n) is 17.5. The van der Waals surface area contributed by atoms with E-state index in [1.165, 1.54) is 26.6 Å². The van der Waals surface area contributed by atoms with Gasteiger partial charge in [0.05, 0.1) is 10.5 Å². The highest BCUT2D eigenvalue weighted by Crippen LogP contribution is 2.29. The lowest BCUT2D eigenvalue weighted by Gasteiger charge is -2.30. The molecule has 0 radical (unpaired) electrons. The van der Waals surface area contributed by atoms with E-state index in [9.17, 15) is 13.2 Å². The lowest BCUT2D eigenvalue weighted by atomic mass is 10.1. The Labute approximate surface area is 173 Å². The number of hydrogen-bond acceptors (Lipinski definition) is 4. The highest BCUT2D eigenvalue weighted by molar-refractivity contribution is 7.89. The molecule has 0 saturated carbocycles. The molecule has 0 atom stereocenters. The average Bonchev–Trinajstić information content (AvgIpc) is 2.70. The van der Waals surface area contributed by atoms with Crippen molar-refractivity contribution in [3.63, 3.8) is 0 Å². The first-order chi connectivity index (χ1) is 13.7. The Morgan fingerprint density at radius 1 is 1.00 bits per heavy atom. The second-order valence-electron chi connectivity index (χ2n) is 7.79. The SMILES string of the molecule is Cc1ccc(C)c(NC(=O)c2cc(S(=O)(=O)N(C)C)ccc2N2CCCCC2)c1. The molecule has 0 aromatic heterocycles. The Morgan fingerprint density at radius 2 is 1.69 bits per heavy atom. The second-order valence-corrected chi connectivity index (χ2v) is 9.94. The summed E-state index contributed by atoms with van der Waals surface area (Å²) in [5.41, 5.74) is 3.91. The molecule has 3 rings (SSSR count). The maximum absolute atomic E-state index is 13.2. The lowest BCUT2D eigenvalue weighted by molar-refractivity contribution is 0.102. The van der Waals surface area contributed by atoms with Crippen molar-refractivity contribution in [3.05, 3.63) is 53.1 Å². The fourth-order valence-corrected chi connectivity index (χ4v) is 4.47. The summed E-state index contributed by atoms with van der Waals surface area (Å²) >= 11 is 0. The molecule has 156 valence electrons. The van der Waals surface area contributed by atoms with Gasteiger partial charge in [0.15, 0.2) is 0 Å². The van der Waals surface area contributed by atoms with Crippen molar-refractivity contribution in [2.24, 2.45) is 0 Å². The number of carbonyl (C=O) groups excluding carboxylic acids is 1. The van der Waals surface area contributed by atoms with Gasteiger partial charge in [-0.2, -0.15) is 0 Å². The number of carbonyl (C=O) groups is 1. The lowest BCUT2D eigenvalue weighted by Crippen LogP contribution is -2.32. The summed E-state index contributed by atoms with van der Waals surface area (Å²) < 4.78 is 26.4. The van der Waals surface area contributed by atoms with Gasteiger partial charge in [-0.15, -0.1) is 0 Å². The molecule has 1 aliphatic rings. The van der Waals surface area contributed by atoms with E-state index in [2.05, 4.69) is 10.2 Å². The van der Waals surface area contributed by atoms with Gasteiger partial charge in [-0.25, -0.2) is 12.7 Å². The number of nitrogens with one attached hydrogen (secondary N) is 1. The summed E-state index contributed by atoms with van der Waals surface area (Å²) in [6.45, 7) is 5.64. The van der Waals surface area contributed by atoms with Crippen LogP contribution >= 0.6 is 0 Å². The van der Waals surface area contributed by atoms with Gasteiger partial charge in [0.2, 0.25) is 10.0 Å². The highest BCUT2D eigenvalue weighted by Gasteiger charge is 2.24. The summed E-state index contributed by atoms with van der Waals surface area (Å²) in [6.07, 6.45) is 3.30. The number of piperidine rings is 1. The number of nitrogens with zero attached hydrogens (tertiary/aromatic N) is 2. The maximum atomic E-state index is 13.2. The number of amides is 1. The fraction of sp³-hybridized carbons (Fsp3) is 0.409. The Morgan fingerprint density at radius 3 is 2.34 bits per heavy atom. The predicted molar refractivity (Wildman–Crippen MR) is 117 cm³/mol. The Bertz CT molecular complexity index is 1010. The van der Waals surface area contributed by atoms with E-state index >= 15 is 0 Å². The summed E-state index contributed by atoms with van der Waals surface area (Å²) in [4.78, 5) is 15.5. The first kappa shape index (κ1) is 21.3. The molecular formula is C22H29N3O3S. The van der Waals surface area contributed by atoms with Gasteiger partial charge in [0.25, 0.3) is 5.91 Å². The molecule has 0 bridgehead atoms. The van der Waals surface area contributed by atoms with Crippen molar-refractivity contribution in [2.45, 2.75) is 38.0 Å². The predicted octanol–water partition coefficient (Wildman–Crippen LogP) is 3.80. The first-order valence-electron chi connectivity index (χ1n) is 9.90. The Kier molecular flexibility index (Phi) is 6.29. The van der Waals surface area contributed by atoms with Gasteiger partial charge in [-0.05, 0) is 68.5 Å². The molecule has 1 N–H and O–H groups in total. The van der Waals surface area contributed by atoms with Crippen molar-refractivity contribution < 1.29 is 13.2 Å².